The van der Waals surface area contributed by atoms with E-state index in [1.807, 2.05) is 72.8 Å². The number of anilines is 1. The summed E-state index contributed by atoms with van der Waals surface area (Å²) in [4.78, 5) is 13.1. The predicted molar refractivity (Wildman–Crippen MR) is 99.8 cm³/mol. The van der Waals surface area contributed by atoms with E-state index in [1.54, 1.807) is 0 Å². The zero-order chi connectivity index (χ0) is 16.8. The van der Waals surface area contributed by atoms with Crippen molar-refractivity contribution in [1.29, 1.82) is 0 Å². The van der Waals surface area contributed by atoms with Crippen LogP contribution in [0.2, 0.25) is 0 Å². The molecule has 120 valence electrons. The Labute approximate surface area is 150 Å². The van der Waals surface area contributed by atoms with Gasteiger partial charge < -0.3 is 5.32 Å². The first-order valence-corrected chi connectivity index (χ1v) is 8.53. The van der Waals surface area contributed by atoms with Crippen molar-refractivity contribution < 1.29 is 4.79 Å². The van der Waals surface area contributed by atoms with Crippen molar-refractivity contribution in [3.8, 4) is 0 Å². The molecule has 0 heterocycles. The Hall–Kier alpha value is -2.03. The summed E-state index contributed by atoms with van der Waals surface area (Å²) < 4.78 is -1.08. The summed E-state index contributed by atoms with van der Waals surface area (Å²) in [5.74, 6) is -0.171. The van der Waals surface area contributed by atoms with Gasteiger partial charge in [-0.1, -0.05) is 66.7 Å². The maximum Gasteiger partial charge on any atom is 0.238 e. The van der Waals surface area contributed by atoms with Crippen LogP contribution in [0.4, 0.5) is 5.69 Å². The summed E-state index contributed by atoms with van der Waals surface area (Å²) in [6, 6.07) is 23.3. The van der Waals surface area contributed by atoms with Crippen LogP contribution in [0, 0.1) is 0 Å². The van der Waals surface area contributed by atoms with Gasteiger partial charge in [0.1, 0.15) is 9.75 Å². The Morgan fingerprint density at radius 1 is 0.875 bits per heavy atom. The maximum absolute atomic E-state index is 13.1. The fraction of sp³-hybridized carbons (Fsp3) is 0.150. The lowest BCUT2D eigenvalue weighted by Crippen LogP contribution is -2.32. The topological polar surface area (TPSA) is 29.1 Å². The van der Waals surface area contributed by atoms with Crippen molar-refractivity contribution in [2.75, 3.05) is 5.32 Å². The fourth-order valence-electron chi connectivity index (χ4n) is 3.27. The minimum atomic E-state index is -1.08. The molecule has 4 heteroatoms. The molecule has 0 aliphatic heterocycles. The van der Waals surface area contributed by atoms with Gasteiger partial charge in [0, 0.05) is 17.5 Å². The highest BCUT2D eigenvalue weighted by Crippen LogP contribution is 2.65. The van der Waals surface area contributed by atoms with Crippen LogP contribution in [0.1, 0.15) is 12.0 Å². The van der Waals surface area contributed by atoms with Gasteiger partial charge in [-0.3, -0.25) is 4.79 Å². The van der Waals surface area contributed by atoms with Crippen LogP contribution in [0.15, 0.2) is 72.8 Å². The first-order valence-electron chi connectivity index (χ1n) is 7.77. The molecule has 0 saturated heterocycles. The number of nitrogens with one attached hydrogen (secondary N) is 1. The van der Waals surface area contributed by atoms with Gasteiger partial charge >= 0.3 is 0 Å². The summed E-state index contributed by atoms with van der Waals surface area (Å²) in [7, 11) is 0. The molecule has 0 spiro atoms. The summed E-state index contributed by atoms with van der Waals surface area (Å²) in [5, 5.41) is 5.10. The third-order valence-electron chi connectivity index (χ3n) is 4.68. The quantitative estimate of drug-likeness (QED) is 0.635. The van der Waals surface area contributed by atoms with Gasteiger partial charge in [0.15, 0.2) is 0 Å². The second-order valence-electron chi connectivity index (χ2n) is 6.13. The third kappa shape index (κ3) is 2.29. The number of alkyl halides is 2. The Kier molecular flexibility index (Phi) is 3.56. The minimum Gasteiger partial charge on any atom is -0.325 e. The summed E-state index contributed by atoms with van der Waals surface area (Å²) in [6.07, 6.45) is 0.406. The van der Waals surface area contributed by atoms with E-state index in [0.29, 0.717) is 6.42 Å². The van der Waals surface area contributed by atoms with E-state index in [1.165, 1.54) is 0 Å². The molecule has 2 nitrogen and oxygen atoms in total. The zero-order valence-electron chi connectivity index (χ0n) is 12.8. The number of benzene rings is 3. The highest BCUT2D eigenvalue weighted by molar-refractivity contribution is 6.54. The molecule has 3 aromatic carbocycles. The van der Waals surface area contributed by atoms with Gasteiger partial charge in [-0.05, 0) is 17.0 Å². The third-order valence-corrected chi connectivity index (χ3v) is 5.59. The average Bonchev–Trinajstić information content (AvgIpc) is 3.20. The van der Waals surface area contributed by atoms with Crippen LogP contribution in [0.25, 0.3) is 10.8 Å². The van der Waals surface area contributed by atoms with Gasteiger partial charge in [-0.15, -0.1) is 23.2 Å². The number of amides is 1. The molecule has 1 N–H and O–H groups in total. The molecule has 1 aliphatic rings. The van der Waals surface area contributed by atoms with Crippen LogP contribution in [0.3, 0.4) is 0 Å². The molecule has 4 rings (SSSR count). The normalized spacial score (nSPS) is 21.4. The smallest absolute Gasteiger partial charge is 0.238 e. The van der Waals surface area contributed by atoms with E-state index < -0.39 is 9.75 Å². The van der Waals surface area contributed by atoms with Crippen molar-refractivity contribution >= 4 is 45.6 Å². The largest absolute Gasteiger partial charge is 0.325 e. The Balaban J connectivity index is 1.73. The Morgan fingerprint density at radius 3 is 2.21 bits per heavy atom. The second-order valence-corrected chi connectivity index (χ2v) is 7.62. The summed E-state index contributed by atoms with van der Waals surface area (Å²) in [6.45, 7) is 0. The van der Waals surface area contributed by atoms with E-state index >= 15 is 0 Å². The molecule has 1 fully saturated rings. The fourth-order valence-corrected chi connectivity index (χ4v) is 4.06. The van der Waals surface area contributed by atoms with Gasteiger partial charge in [-0.25, -0.2) is 0 Å². The number of carbonyl (C=O) groups excluding carboxylic acids is 1. The number of carbonyl (C=O) groups is 1. The zero-order valence-corrected chi connectivity index (χ0v) is 14.3. The molecule has 0 aromatic heterocycles. The molecule has 0 unspecified atom stereocenters. The van der Waals surface area contributed by atoms with Gasteiger partial charge in [0.05, 0.1) is 0 Å². The minimum absolute atomic E-state index is 0.171. The SMILES string of the molecule is O=C(Nc1cccc2ccccc12)[C@@]1(c2ccccc2)CC1(Cl)Cl. The van der Waals surface area contributed by atoms with Crippen molar-refractivity contribution in [2.24, 2.45) is 0 Å². The van der Waals surface area contributed by atoms with Gasteiger partial charge in [0.25, 0.3) is 0 Å². The Bertz CT molecular complexity index is 918. The van der Waals surface area contributed by atoms with Crippen LogP contribution >= 0.6 is 23.2 Å². The van der Waals surface area contributed by atoms with Crippen molar-refractivity contribution in [3.05, 3.63) is 78.4 Å². The lowest BCUT2D eigenvalue weighted by atomic mass is 9.94. The van der Waals surface area contributed by atoms with Crippen molar-refractivity contribution in [2.45, 2.75) is 16.2 Å². The number of halogens is 2. The van der Waals surface area contributed by atoms with E-state index in [4.69, 9.17) is 23.2 Å². The molecule has 1 amide bonds. The number of hydrogen-bond donors (Lipinski definition) is 1. The first-order chi connectivity index (χ1) is 11.5. The first kappa shape index (κ1) is 15.5. The van der Waals surface area contributed by atoms with Crippen LogP contribution < -0.4 is 5.32 Å². The molecule has 24 heavy (non-hydrogen) atoms. The molecular formula is C20H15Cl2NO. The number of fused-ring (bicyclic) bond motifs is 1. The van der Waals surface area contributed by atoms with E-state index in [9.17, 15) is 4.79 Å². The Morgan fingerprint density at radius 2 is 1.50 bits per heavy atom. The molecule has 1 aliphatic carbocycles. The van der Waals surface area contributed by atoms with Gasteiger partial charge in [-0.2, -0.15) is 0 Å². The molecular weight excluding hydrogens is 341 g/mol. The molecule has 3 aromatic rings. The average molecular weight is 356 g/mol. The maximum atomic E-state index is 13.1. The summed E-state index contributed by atoms with van der Waals surface area (Å²) in [5.41, 5.74) is 0.700. The standard InChI is InChI=1S/C20H15Cl2NO/c21-20(22)13-19(20,15-9-2-1-3-10-15)18(24)23-17-12-6-8-14-7-4-5-11-16(14)17/h1-12H,13H2,(H,23,24)/t19-/m0/s1. The summed E-state index contributed by atoms with van der Waals surface area (Å²) >= 11 is 12.8. The highest BCUT2D eigenvalue weighted by atomic mass is 35.5. The van der Waals surface area contributed by atoms with E-state index in [-0.39, 0.29) is 5.91 Å². The molecule has 0 radical (unpaired) electrons. The van der Waals surface area contributed by atoms with E-state index in [2.05, 4.69) is 5.32 Å². The molecule has 1 atom stereocenters. The highest BCUT2D eigenvalue weighted by Gasteiger charge is 2.72. The van der Waals surface area contributed by atoms with Crippen LogP contribution in [0.5, 0.6) is 0 Å². The van der Waals surface area contributed by atoms with Crippen molar-refractivity contribution in [1.82, 2.24) is 0 Å². The van der Waals surface area contributed by atoms with E-state index in [0.717, 1.165) is 22.0 Å². The predicted octanol–water partition coefficient (Wildman–Crippen LogP) is 5.29. The number of rotatable bonds is 3. The molecule has 0 bridgehead atoms. The van der Waals surface area contributed by atoms with Crippen molar-refractivity contribution in [3.63, 3.8) is 0 Å². The second kappa shape index (κ2) is 5.51. The lowest BCUT2D eigenvalue weighted by molar-refractivity contribution is -0.118. The lowest BCUT2D eigenvalue weighted by Gasteiger charge is -2.19. The molecule has 1 saturated carbocycles. The number of hydrogen-bond acceptors (Lipinski definition) is 1. The van der Waals surface area contributed by atoms with Gasteiger partial charge in [0.2, 0.25) is 5.91 Å². The van der Waals surface area contributed by atoms with Crippen LogP contribution in [-0.4, -0.2) is 10.2 Å². The monoisotopic (exact) mass is 355 g/mol. The van der Waals surface area contributed by atoms with Crippen LogP contribution in [-0.2, 0) is 10.2 Å².